The SMILES string of the molecule is Cc1nn(Cc2ccccc2)c(C)c1CNC(=O)/C=C/c1cccc(F)c1. The Morgan fingerprint density at radius 3 is 2.67 bits per heavy atom. The van der Waals surface area contributed by atoms with Gasteiger partial charge < -0.3 is 5.32 Å². The standard InChI is InChI=1S/C22H22FN3O/c1-16-21(17(2)26(25-16)15-19-7-4-3-5-8-19)14-24-22(27)12-11-18-9-6-10-20(23)13-18/h3-13H,14-15H2,1-2H3,(H,24,27)/b12-11+. The fraction of sp³-hybridized carbons (Fsp3) is 0.182. The van der Waals surface area contributed by atoms with Crippen LogP contribution in [-0.4, -0.2) is 15.7 Å². The zero-order chi connectivity index (χ0) is 19.2. The van der Waals surface area contributed by atoms with Crippen molar-refractivity contribution in [3.63, 3.8) is 0 Å². The number of carbonyl (C=O) groups is 1. The Kier molecular flexibility index (Phi) is 5.81. The highest BCUT2D eigenvalue weighted by atomic mass is 19.1. The average Bonchev–Trinajstić information content (AvgIpc) is 2.92. The largest absolute Gasteiger partial charge is 0.348 e. The summed E-state index contributed by atoms with van der Waals surface area (Å²) in [5, 5.41) is 7.46. The molecular weight excluding hydrogens is 341 g/mol. The van der Waals surface area contributed by atoms with Crippen LogP contribution in [0.4, 0.5) is 4.39 Å². The quantitative estimate of drug-likeness (QED) is 0.673. The van der Waals surface area contributed by atoms with Crippen LogP contribution in [0.3, 0.4) is 0 Å². The predicted molar refractivity (Wildman–Crippen MR) is 105 cm³/mol. The van der Waals surface area contributed by atoms with E-state index < -0.39 is 0 Å². The lowest BCUT2D eigenvalue weighted by Crippen LogP contribution is -2.21. The molecule has 0 bridgehead atoms. The average molecular weight is 363 g/mol. The van der Waals surface area contributed by atoms with Crippen LogP contribution in [0.1, 0.15) is 28.1 Å². The third-order valence-electron chi connectivity index (χ3n) is 4.42. The molecule has 1 aromatic heterocycles. The van der Waals surface area contributed by atoms with Gasteiger partial charge >= 0.3 is 0 Å². The Balaban J connectivity index is 1.63. The van der Waals surface area contributed by atoms with E-state index in [0.717, 1.165) is 17.0 Å². The number of amides is 1. The second-order valence-electron chi connectivity index (χ2n) is 6.40. The fourth-order valence-corrected chi connectivity index (χ4v) is 2.92. The van der Waals surface area contributed by atoms with Crippen LogP contribution in [0, 0.1) is 19.7 Å². The highest BCUT2D eigenvalue weighted by Crippen LogP contribution is 2.15. The summed E-state index contributed by atoms with van der Waals surface area (Å²) in [5.74, 6) is -0.552. The molecule has 0 saturated carbocycles. The highest BCUT2D eigenvalue weighted by Gasteiger charge is 2.12. The number of hydrogen-bond acceptors (Lipinski definition) is 2. The first-order chi connectivity index (χ1) is 13.0. The Morgan fingerprint density at radius 2 is 1.93 bits per heavy atom. The molecule has 27 heavy (non-hydrogen) atoms. The van der Waals surface area contributed by atoms with Crippen LogP contribution >= 0.6 is 0 Å². The molecule has 0 unspecified atom stereocenters. The van der Waals surface area contributed by atoms with Gasteiger partial charge in [-0.05, 0) is 43.2 Å². The van der Waals surface area contributed by atoms with E-state index in [1.54, 1.807) is 18.2 Å². The zero-order valence-electron chi connectivity index (χ0n) is 15.4. The van der Waals surface area contributed by atoms with E-state index in [9.17, 15) is 9.18 Å². The van der Waals surface area contributed by atoms with Crippen molar-refractivity contribution in [1.82, 2.24) is 15.1 Å². The summed E-state index contributed by atoms with van der Waals surface area (Å²) < 4.78 is 15.1. The van der Waals surface area contributed by atoms with Crippen molar-refractivity contribution < 1.29 is 9.18 Å². The maximum absolute atomic E-state index is 13.2. The van der Waals surface area contributed by atoms with Gasteiger partial charge in [0.05, 0.1) is 12.2 Å². The van der Waals surface area contributed by atoms with Gasteiger partial charge in [0, 0.05) is 23.9 Å². The molecule has 0 spiro atoms. The Hall–Kier alpha value is -3.21. The molecule has 1 heterocycles. The lowest BCUT2D eigenvalue weighted by Gasteiger charge is -2.06. The molecule has 4 nitrogen and oxygen atoms in total. The maximum Gasteiger partial charge on any atom is 0.244 e. The smallest absolute Gasteiger partial charge is 0.244 e. The van der Waals surface area contributed by atoms with E-state index in [-0.39, 0.29) is 11.7 Å². The molecule has 0 aliphatic heterocycles. The number of rotatable bonds is 6. The summed E-state index contributed by atoms with van der Waals surface area (Å²) in [4.78, 5) is 12.1. The summed E-state index contributed by atoms with van der Waals surface area (Å²) in [6.45, 7) is 5.05. The fourth-order valence-electron chi connectivity index (χ4n) is 2.92. The maximum atomic E-state index is 13.2. The molecule has 0 aliphatic rings. The van der Waals surface area contributed by atoms with Crippen LogP contribution in [0.5, 0.6) is 0 Å². The molecule has 0 aliphatic carbocycles. The van der Waals surface area contributed by atoms with E-state index in [2.05, 4.69) is 22.5 Å². The minimum Gasteiger partial charge on any atom is -0.348 e. The van der Waals surface area contributed by atoms with Gasteiger partial charge in [0.2, 0.25) is 5.91 Å². The summed E-state index contributed by atoms with van der Waals surface area (Å²) in [6.07, 6.45) is 3.00. The number of halogens is 1. The van der Waals surface area contributed by atoms with Crippen LogP contribution in [0.2, 0.25) is 0 Å². The second-order valence-corrected chi connectivity index (χ2v) is 6.40. The minimum absolute atomic E-state index is 0.228. The molecule has 0 fully saturated rings. The third-order valence-corrected chi connectivity index (χ3v) is 4.42. The molecule has 1 amide bonds. The summed E-state index contributed by atoms with van der Waals surface area (Å²) in [5.41, 5.74) is 4.77. The monoisotopic (exact) mass is 363 g/mol. The minimum atomic E-state index is -0.324. The first-order valence-corrected chi connectivity index (χ1v) is 8.81. The van der Waals surface area contributed by atoms with Crippen LogP contribution in [-0.2, 0) is 17.9 Å². The Bertz CT molecular complexity index is 961. The number of carbonyl (C=O) groups excluding carboxylic acids is 1. The molecule has 0 atom stereocenters. The number of aryl methyl sites for hydroxylation is 1. The van der Waals surface area contributed by atoms with Crippen LogP contribution < -0.4 is 5.32 Å². The third kappa shape index (κ3) is 4.91. The van der Waals surface area contributed by atoms with Gasteiger partial charge in [-0.25, -0.2) is 4.39 Å². The van der Waals surface area contributed by atoms with Crippen molar-refractivity contribution in [2.45, 2.75) is 26.9 Å². The molecule has 138 valence electrons. The van der Waals surface area contributed by atoms with E-state index in [1.807, 2.05) is 36.7 Å². The van der Waals surface area contributed by atoms with Crippen LogP contribution in [0.15, 0.2) is 60.7 Å². The molecule has 3 aromatic rings. The van der Waals surface area contributed by atoms with E-state index in [4.69, 9.17) is 0 Å². The topological polar surface area (TPSA) is 46.9 Å². The van der Waals surface area contributed by atoms with Gasteiger partial charge in [0.15, 0.2) is 0 Å². The van der Waals surface area contributed by atoms with Crippen molar-refractivity contribution in [3.8, 4) is 0 Å². The van der Waals surface area contributed by atoms with Gasteiger partial charge in [-0.15, -0.1) is 0 Å². The second kappa shape index (κ2) is 8.45. The molecule has 3 rings (SSSR count). The molecule has 0 saturated heterocycles. The van der Waals surface area contributed by atoms with Gasteiger partial charge in [0.1, 0.15) is 5.82 Å². The summed E-state index contributed by atoms with van der Waals surface area (Å²) in [7, 11) is 0. The summed E-state index contributed by atoms with van der Waals surface area (Å²) in [6, 6.07) is 16.2. The lowest BCUT2D eigenvalue weighted by molar-refractivity contribution is -0.116. The predicted octanol–water partition coefficient (Wildman–Crippen LogP) is 4.02. The number of nitrogens with zero attached hydrogens (tertiary/aromatic N) is 2. The Morgan fingerprint density at radius 1 is 1.15 bits per heavy atom. The number of hydrogen-bond donors (Lipinski definition) is 1. The Labute approximate surface area is 158 Å². The van der Waals surface area contributed by atoms with Crippen molar-refractivity contribution in [1.29, 1.82) is 0 Å². The molecule has 5 heteroatoms. The molecule has 1 N–H and O–H groups in total. The van der Waals surface area contributed by atoms with Crippen LogP contribution in [0.25, 0.3) is 6.08 Å². The van der Waals surface area contributed by atoms with Crippen molar-refractivity contribution >= 4 is 12.0 Å². The van der Waals surface area contributed by atoms with Crippen molar-refractivity contribution in [2.24, 2.45) is 0 Å². The molecule has 2 aromatic carbocycles. The summed E-state index contributed by atoms with van der Waals surface area (Å²) >= 11 is 0. The van der Waals surface area contributed by atoms with Gasteiger partial charge in [-0.2, -0.15) is 5.10 Å². The lowest BCUT2D eigenvalue weighted by atomic mass is 10.2. The number of aromatic nitrogens is 2. The first kappa shape index (κ1) is 18.6. The van der Waals surface area contributed by atoms with E-state index in [1.165, 1.54) is 23.8 Å². The number of benzene rings is 2. The highest BCUT2D eigenvalue weighted by molar-refractivity contribution is 5.91. The first-order valence-electron chi connectivity index (χ1n) is 8.81. The zero-order valence-corrected chi connectivity index (χ0v) is 15.4. The van der Waals surface area contributed by atoms with Crippen molar-refractivity contribution in [2.75, 3.05) is 0 Å². The van der Waals surface area contributed by atoms with E-state index >= 15 is 0 Å². The molecular formula is C22H22FN3O. The normalized spacial score (nSPS) is 11.1. The number of nitrogens with one attached hydrogen (secondary N) is 1. The van der Waals surface area contributed by atoms with Gasteiger partial charge in [-0.1, -0.05) is 42.5 Å². The van der Waals surface area contributed by atoms with E-state index in [0.29, 0.717) is 18.7 Å². The van der Waals surface area contributed by atoms with Gasteiger partial charge in [0.25, 0.3) is 0 Å². The van der Waals surface area contributed by atoms with Gasteiger partial charge in [-0.3, -0.25) is 9.48 Å². The molecule has 0 radical (unpaired) electrons. The van der Waals surface area contributed by atoms with Crippen molar-refractivity contribution in [3.05, 3.63) is 94.6 Å².